The number of nitrogens with one attached hydrogen (secondary N) is 1. The van der Waals surface area contributed by atoms with Crippen LogP contribution in [-0.4, -0.2) is 55.9 Å². The first kappa shape index (κ1) is 26.4. The minimum atomic E-state index is -1.01. The molecule has 1 N–H and O–H groups in total. The van der Waals surface area contributed by atoms with E-state index in [2.05, 4.69) is 16.9 Å². The summed E-state index contributed by atoms with van der Waals surface area (Å²) >= 11 is 0. The first-order valence-electron chi connectivity index (χ1n) is 11.4. The van der Waals surface area contributed by atoms with Gasteiger partial charge in [-0.25, -0.2) is 14.6 Å². The van der Waals surface area contributed by atoms with E-state index in [9.17, 15) is 19.2 Å². The lowest BCUT2D eigenvalue weighted by molar-refractivity contribution is -0.0347. The number of nitrogens with zero attached hydrogens (tertiary/aromatic N) is 1. The number of carbonyl (C=O) groups excluding carboxylic acids is 4. The van der Waals surface area contributed by atoms with Crippen molar-refractivity contribution in [1.29, 1.82) is 0 Å². The number of pyridine rings is 1. The number of benzene rings is 1. The Labute approximate surface area is 208 Å². The van der Waals surface area contributed by atoms with Crippen molar-refractivity contribution in [2.45, 2.75) is 32.8 Å². The highest BCUT2D eigenvalue weighted by Crippen LogP contribution is 2.33. The fraction of sp³-hybridized carbons (Fsp3) is 0.346. The first-order valence-corrected chi connectivity index (χ1v) is 11.4. The van der Waals surface area contributed by atoms with Crippen molar-refractivity contribution < 1.29 is 38.1 Å². The third kappa shape index (κ3) is 6.68. The van der Waals surface area contributed by atoms with E-state index in [1.807, 2.05) is 0 Å². The average Bonchev–Trinajstić information content (AvgIpc) is 3.70. The predicted molar refractivity (Wildman–Crippen MR) is 130 cm³/mol. The Kier molecular flexibility index (Phi) is 8.77. The quantitative estimate of drug-likeness (QED) is 0.278. The highest BCUT2D eigenvalue weighted by Gasteiger charge is 2.25. The van der Waals surface area contributed by atoms with Crippen molar-refractivity contribution in [1.82, 2.24) is 10.3 Å². The normalized spacial score (nSPS) is 12.4. The van der Waals surface area contributed by atoms with Gasteiger partial charge in [0.05, 0.1) is 13.2 Å². The second-order valence-corrected chi connectivity index (χ2v) is 8.36. The number of carbonyl (C=O) groups is 4. The van der Waals surface area contributed by atoms with Crippen LogP contribution in [0.15, 0.2) is 30.8 Å². The second-order valence-electron chi connectivity index (χ2n) is 8.36. The summed E-state index contributed by atoms with van der Waals surface area (Å²) in [6.07, 6.45) is 2.85. The summed E-state index contributed by atoms with van der Waals surface area (Å²) in [4.78, 5) is 53.3. The summed E-state index contributed by atoms with van der Waals surface area (Å²) < 4.78 is 20.0. The van der Waals surface area contributed by atoms with Gasteiger partial charge in [0, 0.05) is 23.2 Å². The minimum Gasteiger partial charge on any atom is -0.496 e. The zero-order valence-corrected chi connectivity index (χ0v) is 20.4. The van der Waals surface area contributed by atoms with Gasteiger partial charge in [0.1, 0.15) is 11.4 Å². The predicted octanol–water partition coefficient (Wildman–Crippen LogP) is 4.03. The summed E-state index contributed by atoms with van der Waals surface area (Å²) in [5.74, 6) is -0.556. The van der Waals surface area contributed by atoms with Gasteiger partial charge < -0.3 is 24.3 Å². The number of esters is 1. The maximum atomic E-state index is 13.0. The monoisotopic (exact) mass is 496 g/mol. The van der Waals surface area contributed by atoms with Gasteiger partial charge in [-0.05, 0) is 62.4 Å². The van der Waals surface area contributed by atoms with E-state index in [1.54, 1.807) is 26.0 Å². The van der Waals surface area contributed by atoms with Crippen LogP contribution in [0.3, 0.4) is 0 Å². The molecule has 1 fully saturated rings. The summed E-state index contributed by atoms with van der Waals surface area (Å²) in [5, 5.41) is 2.79. The molecule has 10 heteroatoms. The fourth-order valence-corrected chi connectivity index (χ4v) is 3.32. The molecule has 0 radical (unpaired) electrons. The number of amides is 1. The molecule has 1 amide bonds. The molecule has 2 aromatic rings. The van der Waals surface area contributed by atoms with Crippen molar-refractivity contribution in [3.8, 4) is 16.9 Å². The fourth-order valence-electron chi connectivity index (χ4n) is 3.32. The van der Waals surface area contributed by atoms with Crippen molar-refractivity contribution >= 4 is 30.4 Å². The topological polar surface area (TPSA) is 130 Å². The standard InChI is InChI=1S/C26H28N2O8/c1-5-17-10-18(13-29)20(11-22(17)33-4)19-8-9-21(24(30)27-12-16-6-7-16)28-23(19)25(31)34-14-35-26(32)36-15(2)3/h5,8-11,13,15-16H,1,6-7,12,14H2,2-4H3,(H,27,30). The molecule has 1 aliphatic carbocycles. The SMILES string of the molecule is C=Cc1cc(C=O)c(-c2ccc(C(=O)NCC3CC3)nc2C(=O)OCOC(=O)OC(C)C)cc1OC. The van der Waals surface area contributed by atoms with Gasteiger partial charge in [0.2, 0.25) is 6.79 Å². The van der Waals surface area contributed by atoms with Crippen LogP contribution in [0.2, 0.25) is 0 Å². The van der Waals surface area contributed by atoms with Gasteiger partial charge in [-0.2, -0.15) is 0 Å². The minimum absolute atomic E-state index is 0.00573. The third-order valence-electron chi connectivity index (χ3n) is 5.31. The molecule has 0 saturated heterocycles. The van der Waals surface area contributed by atoms with Gasteiger partial charge >= 0.3 is 12.1 Å². The molecule has 0 unspecified atom stereocenters. The van der Waals surface area contributed by atoms with Gasteiger partial charge in [0.15, 0.2) is 12.0 Å². The highest BCUT2D eigenvalue weighted by atomic mass is 16.8. The Morgan fingerprint density at radius 1 is 1.14 bits per heavy atom. The molecule has 1 aliphatic rings. The van der Waals surface area contributed by atoms with Crippen molar-refractivity contribution in [3.05, 3.63) is 53.4 Å². The number of aromatic nitrogens is 1. The zero-order valence-electron chi connectivity index (χ0n) is 20.4. The van der Waals surface area contributed by atoms with Crippen molar-refractivity contribution in [3.63, 3.8) is 0 Å². The van der Waals surface area contributed by atoms with E-state index in [0.717, 1.165) is 12.8 Å². The van der Waals surface area contributed by atoms with Crippen LogP contribution in [-0.2, 0) is 14.2 Å². The maximum absolute atomic E-state index is 13.0. The van der Waals surface area contributed by atoms with Gasteiger partial charge in [0.25, 0.3) is 5.91 Å². The van der Waals surface area contributed by atoms with Crippen LogP contribution in [0.25, 0.3) is 17.2 Å². The Hall–Kier alpha value is -4.21. The zero-order chi connectivity index (χ0) is 26.2. The number of ether oxygens (including phenoxy) is 4. The van der Waals surface area contributed by atoms with E-state index < -0.39 is 30.9 Å². The Balaban J connectivity index is 1.96. The molecular weight excluding hydrogens is 468 g/mol. The first-order chi connectivity index (χ1) is 17.3. The molecule has 0 atom stereocenters. The Morgan fingerprint density at radius 2 is 1.89 bits per heavy atom. The van der Waals surface area contributed by atoms with Gasteiger partial charge in [-0.1, -0.05) is 12.7 Å². The number of methoxy groups -OCH3 is 1. The highest BCUT2D eigenvalue weighted by molar-refractivity contribution is 6.01. The lowest BCUT2D eigenvalue weighted by atomic mass is 9.95. The lowest BCUT2D eigenvalue weighted by Gasteiger charge is -2.15. The van der Waals surface area contributed by atoms with Crippen LogP contribution < -0.4 is 10.1 Å². The summed E-state index contributed by atoms with van der Waals surface area (Å²) in [7, 11) is 1.46. The van der Waals surface area contributed by atoms with Crippen molar-refractivity contribution in [2.75, 3.05) is 20.4 Å². The van der Waals surface area contributed by atoms with Crippen LogP contribution in [0.5, 0.6) is 5.75 Å². The summed E-state index contributed by atoms with van der Waals surface area (Å²) in [6, 6.07) is 6.08. The Bertz CT molecular complexity index is 1170. The smallest absolute Gasteiger partial charge is 0.496 e. The lowest BCUT2D eigenvalue weighted by Crippen LogP contribution is -2.27. The van der Waals surface area contributed by atoms with Crippen LogP contribution >= 0.6 is 0 Å². The molecule has 3 rings (SSSR count). The molecule has 1 saturated carbocycles. The number of rotatable bonds is 11. The molecular formula is C26H28N2O8. The van der Waals surface area contributed by atoms with Crippen LogP contribution in [0.1, 0.15) is 63.6 Å². The molecule has 0 spiro atoms. The molecule has 1 aromatic heterocycles. The number of hydrogen-bond donors (Lipinski definition) is 1. The van der Waals surface area contributed by atoms with E-state index in [1.165, 1.54) is 25.3 Å². The van der Waals surface area contributed by atoms with E-state index in [4.69, 9.17) is 18.9 Å². The molecule has 10 nitrogen and oxygen atoms in total. The second kappa shape index (κ2) is 12.0. The van der Waals surface area contributed by atoms with E-state index in [0.29, 0.717) is 35.6 Å². The third-order valence-corrected chi connectivity index (χ3v) is 5.31. The Morgan fingerprint density at radius 3 is 2.50 bits per heavy atom. The van der Waals surface area contributed by atoms with E-state index >= 15 is 0 Å². The van der Waals surface area contributed by atoms with E-state index in [-0.39, 0.29) is 22.5 Å². The summed E-state index contributed by atoms with van der Waals surface area (Å²) in [5.41, 5.74) is 1.12. The van der Waals surface area contributed by atoms with Crippen LogP contribution in [0.4, 0.5) is 4.79 Å². The van der Waals surface area contributed by atoms with Crippen LogP contribution in [0, 0.1) is 5.92 Å². The molecule has 0 bridgehead atoms. The largest absolute Gasteiger partial charge is 0.511 e. The summed E-state index contributed by atoms with van der Waals surface area (Å²) in [6.45, 7) is 6.78. The molecule has 0 aliphatic heterocycles. The molecule has 190 valence electrons. The van der Waals surface area contributed by atoms with Crippen molar-refractivity contribution in [2.24, 2.45) is 5.92 Å². The number of aldehydes is 1. The molecule has 36 heavy (non-hydrogen) atoms. The molecule has 1 aromatic carbocycles. The van der Waals surface area contributed by atoms with Gasteiger partial charge in [-0.3, -0.25) is 9.59 Å². The molecule has 1 heterocycles. The van der Waals surface area contributed by atoms with Gasteiger partial charge in [-0.15, -0.1) is 0 Å². The number of hydrogen-bond acceptors (Lipinski definition) is 9. The maximum Gasteiger partial charge on any atom is 0.511 e. The average molecular weight is 497 g/mol.